The van der Waals surface area contributed by atoms with Gasteiger partial charge in [-0.25, -0.2) is 0 Å². The Morgan fingerprint density at radius 3 is 1.09 bits per heavy atom. The zero-order chi connectivity index (χ0) is 55.9. The molecule has 12 rings (SSSR count). The predicted molar refractivity (Wildman–Crippen MR) is 365 cm³/mol. The molecule has 0 bridgehead atoms. The first-order valence-corrected chi connectivity index (χ1v) is 32.7. The van der Waals surface area contributed by atoms with E-state index in [1.165, 1.54) is 215 Å². The molecule has 2 aromatic heterocycles. The van der Waals surface area contributed by atoms with E-state index < -0.39 is 0 Å². The summed E-state index contributed by atoms with van der Waals surface area (Å²) in [7, 11) is 0. The lowest BCUT2D eigenvalue weighted by Gasteiger charge is -2.05. The van der Waals surface area contributed by atoms with Crippen LogP contribution in [0.25, 0.3) is 83.4 Å². The Morgan fingerprint density at radius 2 is 0.642 bits per heavy atom. The fourth-order valence-corrected chi connectivity index (χ4v) is 14.0. The second kappa shape index (κ2) is 28.3. The number of unbranched alkanes of at least 4 members (excludes halogenated alkanes) is 10. The van der Waals surface area contributed by atoms with Crippen molar-refractivity contribution < 1.29 is 0 Å². The van der Waals surface area contributed by atoms with E-state index >= 15 is 0 Å². The van der Waals surface area contributed by atoms with Crippen LogP contribution < -0.4 is 0 Å². The van der Waals surface area contributed by atoms with Crippen LogP contribution in [0.5, 0.6) is 0 Å². The Hall–Kier alpha value is -6.72. The highest BCUT2D eigenvalue weighted by atomic mass is 79.9. The van der Waals surface area contributed by atoms with Gasteiger partial charge in [0.15, 0.2) is 0 Å². The topological polar surface area (TPSA) is 0 Å². The number of benzene rings is 10. The fourth-order valence-electron chi connectivity index (χ4n) is 11.3. The van der Waals surface area contributed by atoms with Crippen LogP contribution in [0.2, 0.25) is 0 Å². The number of halogens is 1. The van der Waals surface area contributed by atoms with E-state index in [9.17, 15) is 0 Å². The minimum absolute atomic E-state index is 0.972. The zero-order valence-corrected chi connectivity index (χ0v) is 51.4. The molecule has 0 fully saturated rings. The molecule has 0 unspecified atom stereocenters. The molecule has 408 valence electrons. The number of rotatable bonds is 18. The summed E-state index contributed by atoms with van der Waals surface area (Å²) in [5, 5.41) is 16.0. The first kappa shape index (κ1) is 57.5. The van der Waals surface area contributed by atoms with E-state index in [1.54, 1.807) is 0 Å². The molecule has 0 saturated heterocycles. The standard InChI is InChI=1S/C39H38S.C26H23BrS.C13H16/c1-3-5-7-9-11-30-18-20-32-24-36-37-25-33-21-19-31(17-16-29-14-12-28(13-15-29)10-8-6-4-2)23-35(33)27-39(37)40-38(36)26-34(32)22-30;1-2-3-4-5-6-17-7-8-18-13-23-24-14-19-9-10-22(27)12-21(19)16-26(24)28-25(23)15-20(18)11-17;1-3-5-6-7-13-10-8-12(4-2)9-11-13/h12-15,18-27H,3-11H2,1-2H3;7-16H,2-6H2,1H3;2,8-11H,3,5-7H2,1H3. The molecule has 0 saturated carbocycles. The second-order valence-corrected chi connectivity index (χ2v) is 25.4. The number of thiophene rings is 2. The van der Waals surface area contributed by atoms with E-state index in [0.717, 1.165) is 27.6 Å². The molecular weight excluding hydrogens is 1080 g/mol. The number of terminal acetylenes is 1. The van der Waals surface area contributed by atoms with Gasteiger partial charge >= 0.3 is 0 Å². The van der Waals surface area contributed by atoms with Gasteiger partial charge in [-0.05, 0) is 214 Å². The van der Waals surface area contributed by atoms with Crippen LogP contribution in [0, 0.1) is 24.2 Å². The van der Waals surface area contributed by atoms with Gasteiger partial charge in [0.05, 0.1) is 0 Å². The molecule has 0 aliphatic rings. The minimum atomic E-state index is 0.972. The Labute approximate surface area is 499 Å². The van der Waals surface area contributed by atoms with E-state index in [2.05, 4.69) is 219 Å². The Bertz CT molecular complexity index is 4190. The van der Waals surface area contributed by atoms with Crippen molar-refractivity contribution in [3.63, 3.8) is 0 Å². The summed E-state index contributed by atoms with van der Waals surface area (Å²) in [6.45, 7) is 9.02. The third-order valence-electron chi connectivity index (χ3n) is 16.1. The summed E-state index contributed by atoms with van der Waals surface area (Å²) >= 11 is 7.42. The summed E-state index contributed by atoms with van der Waals surface area (Å²) < 4.78 is 6.62. The number of fused-ring (bicyclic) bond motifs is 10. The van der Waals surface area contributed by atoms with Gasteiger partial charge in [0.25, 0.3) is 0 Å². The third-order valence-corrected chi connectivity index (χ3v) is 18.8. The van der Waals surface area contributed by atoms with Crippen molar-refractivity contribution in [1.82, 2.24) is 0 Å². The maximum atomic E-state index is 5.27. The average molecular weight is 1160 g/mol. The molecule has 0 aliphatic heterocycles. The molecule has 0 amide bonds. The monoisotopic (exact) mass is 1160 g/mol. The number of aryl methyl sites for hydroxylation is 4. The molecular formula is C78H77BrS2. The molecule has 0 N–H and O–H groups in total. The molecule has 81 heavy (non-hydrogen) atoms. The Kier molecular flexibility index (Phi) is 20.1. The van der Waals surface area contributed by atoms with Gasteiger partial charge in [0.2, 0.25) is 0 Å². The van der Waals surface area contributed by atoms with Gasteiger partial charge in [-0.2, -0.15) is 0 Å². The SMILES string of the molecule is C#Cc1ccc(CCCCC)cc1.CCCCCCc1ccc2cc3c(cc2c1)sc1cc2cc(Br)ccc2cc13.CCCCCCc1ccc2cc3c(cc2c1)sc1cc2cc(C#Cc4ccc(CCCCC)cc4)ccc2cc13. The van der Waals surface area contributed by atoms with E-state index in [-0.39, 0.29) is 0 Å². The van der Waals surface area contributed by atoms with Crippen LogP contribution in [0.3, 0.4) is 0 Å². The van der Waals surface area contributed by atoms with Gasteiger partial charge in [-0.15, -0.1) is 29.1 Å². The van der Waals surface area contributed by atoms with Crippen LogP contribution in [0.1, 0.15) is 157 Å². The second-order valence-electron chi connectivity index (χ2n) is 22.3. The first-order valence-electron chi connectivity index (χ1n) is 30.3. The van der Waals surface area contributed by atoms with Gasteiger partial charge in [-0.1, -0.05) is 198 Å². The molecule has 3 heteroatoms. The van der Waals surface area contributed by atoms with Gasteiger partial charge in [0, 0.05) is 61.5 Å². The highest BCUT2D eigenvalue weighted by molar-refractivity contribution is 9.10. The number of hydrogen-bond acceptors (Lipinski definition) is 2. The summed E-state index contributed by atoms with van der Waals surface area (Å²) in [6, 6.07) is 63.3. The highest BCUT2D eigenvalue weighted by Gasteiger charge is 2.12. The van der Waals surface area contributed by atoms with Crippen LogP contribution in [0.4, 0.5) is 0 Å². The number of hydrogen-bond donors (Lipinski definition) is 0. The largest absolute Gasteiger partial charge is 0.135 e. The van der Waals surface area contributed by atoms with Crippen LogP contribution in [-0.4, -0.2) is 0 Å². The van der Waals surface area contributed by atoms with Crippen molar-refractivity contribution in [3.05, 3.63) is 213 Å². The Morgan fingerprint density at radius 1 is 0.309 bits per heavy atom. The first-order chi connectivity index (χ1) is 39.8. The van der Waals surface area contributed by atoms with Gasteiger partial charge in [0.1, 0.15) is 0 Å². The molecule has 0 spiro atoms. The van der Waals surface area contributed by atoms with Gasteiger partial charge < -0.3 is 0 Å². The summed E-state index contributed by atoms with van der Waals surface area (Å²) in [6.07, 6.45) is 28.2. The van der Waals surface area contributed by atoms with Crippen LogP contribution in [0.15, 0.2) is 174 Å². The van der Waals surface area contributed by atoms with Crippen molar-refractivity contribution in [2.24, 2.45) is 0 Å². The third kappa shape index (κ3) is 14.9. The Balaban J connectivity index is 0.000000155. The van der Waals surface area contributed by atoms with E-state index in [1.807, 2.05) is 34.8 Å². The summed E-state index contributed by atoms with van der Waals surface area (Å²) in [5.74, 6) is 9.40. The zero-order valence-electron chi connectivity index (χ0n) is 48.2. The normalized spacial score (nSPS) is 11.3. The quantitative estimate of drug-likeness (QED) is 0.0593. The van der Waals surface area contributed by atoms with E-state index in [4.69, 9.17) is 6.42 Å². The van der Waals surface area contributed by atoms with Crippen molar-refractivity contribution in [2.75, 3.05) is 0 Å². The molecule has 2 heterocycles. The molecule has 12 aromatic rings. The van der Waals surface area contributed by atoms with Crippen LogP contribution in [-0.2, 0) is 25.7 Å². The minimum Gasteiger partial charge on any atom is -0.135 e. The van der Waals surface area contributed by atoms with Crippen molar-refractivity contribution >= 4 is 122 Å². The van der Waals surface area contributed by atoms with Crippen molar-refractivity contribution in [1.29, 1.82) is 0 Å². The summed E-state index contributed by atoms with van der Waals surface area (Å²) in [5.41, 5.74) is 8.86. The lowest BCUT2D eigenvalue weighted by molar-refractivity contribution is 0.667. The predicted octanol–water partition coefficient (Wildman–Crippen LogP) is 24.3. The van der Waals surface area contributed by atoms with E-state index in [0.29, 0.717) is 0 Å². The van der Waals surface area contributed by atoms with Crippen LogP contribution >= 0.6 is 38.6 Å². The maximum Gasteiger partial charge on any atom is 0.0361 e. The lowest BCUT2D eigenvalue weighted by atomic mass is 9.99. The fraction of sp³-hybridized carbons (Fsp3) is 0.282. The highest BCUT2D eigenvalue weighted by Crippen LogP contribution is 2.41. The summed E-state index contributed by atoms with van der Waals surface area (Å²) in [4.78, 5) is 0. The lowest BCUT2D eigenvalue weighted by Crippen LogP contribution is -1.86. The van der Waals surface area contributed by atoms with Crippen molar-refractivity contribution in [2.45, 2.75) is 143 Å². The smallest absolute Gasteiger partial charge is 0.0361 e. The average Bonchev–Trinajstić information content (AvgIpc) is 4.21. The molecule has 0 aliphatic carbocycles. The van der Waals surface area contributed by atoms with Crippen molar-refractivity contribution in [3.8, 4) is 24.2 Å². The maximum absolute atomic E-state index is 5.27. The molecule has 0 nitrogen and oxygen atoms in total. The molecule has 0 radical (unpaired) electrons. The molecule has 10 aromatic carbocycles. The molecule has 0 atom stereocenters. The van der Waals surface area contributed by atoms with Gasteiger partial charge in [-0.3, -0.25) is 0 Å².